The topological polar surface area (TPSA) is 45.5 Å². The van der Waals surface area contributed by atoms with E-state index < -0.39 is 0 Å². The summed E-state index contributed by atoms with van der Waals surface area (Å²) in [5, 5.41) is 4.05. The highest BCUT2D eigenvalue weighted by Gasteiger charge is 2.29. The molecule has 1 saturated heterocycles. The Morgan fingerprint density at radius 3 is 2.62 bits per heavy atom. The van der Waals surface area contributed by atoms with Crippen LogP contribution in [0.4, 0.5) is 5.00 Å². The van der Waals surface area contributed by atoms with Crippen molar-refractivity contribution in [2.24, 2.45) is 5.92 Å². The zero-order chi connectivity index (χ0) is 20.2. The van der Waals surface area contributed by atoms with Gasteiger partial charge in [-0.3, -0.25) is 9.69 Å². The largest absolute Gasteiger partial charge is 0.459 e. The van der Waals surface area contributed by atoms with E-state index in [1.54, 1.807) is 23.5 Å². The molecule has 0 saturated carbocycles. The normalized spacial score (nSPS) is 16.6. The fourth-order valence-corrected chi connectivity index (χ4v) is 5.04. The Morgan fingerprint density at radius 1 is 1.21 bits per heavy atom. The monoisotopic (exact) mass is 408 g/mol. The van der Waals surface area contributed by atoms with Gasteiger partial charge in [-0.2, -0.15) is 0 Å². The molecular formula is C24H28N2O2S. The van der Waals surface area contributed by atoms with Crippen molar-refractivity contribution >= 4 is 22.2 Å². The molecule has 1 N–H and O–H groups in total. The SMILES string of the molecule is CCc1cc([C@H](c2ccccc2)N2CCC(C)CC2)c(NC(=O)c2ccco2)s1. The second kappa shape index (κ2) is 8.97. The number of likely N-dealkylation sites (tertiary alicyclic amines) is 1. The quantitative estimate of drug-likeness (QED) is 0.546. The number of hydrogen-bond donors (Lipinski definition) is 1. The lowest BCUT2D eigenvalue weighted by Gasteiger charge is -2.37. The first kappa shape index (κ1) is 19.9. The number of nitrogens with zero attached hydrogens (tertiary/aromatic N) is 1. The average Bonchev–Trinajstić information content (AvgIpc) is 3.41. The molecule has 152 valence electrons. The summed E-state index contributed by atoms with van der Waals surface area (Å²) in [5.74, 6) is 0.916. The van der Waals surface area contributed by atoms with E-state index in [4.69, 9.17) is 4.42 Å². The molecule has 3 heterocycles. The molecule has 29 heavy (non-hydrogen) atoms. The van der Waals surface area contributed by atoms with Crippen molar-refractivity contribution in [3.63, 3.8) is 0 Å². The Balaban J connectivity index is 1.71. The lowest BCUT2D eigenvalue weighted by atomic mass is 9.92. The van der Waals surface area contributed by atoms with Crippen LogP contribution in [0.15, 0.2) is 59.2 Å². The van der Waals surface area contributed by atoms with E-state index in [1.807, 2.05) is 0 Å². The average molecular weight is 409 g/mol. The number of amides is 1. The lowest BCUT2D eigenvalue weighted by Crippen LogP contribution is -2.37. The first-order valence-corrected chi connectivity index (χ1v) is 11.2. The molecule has 0 spiro atoms. The Hall–Kier alpha value is -2.37. The minimum atomic E-state index is -0.195. The van der Waals surface area contributed by atoms with Crippen molar-refractivity contribution in [3.05, 3.63) is 76.6 Å². The molecular weight excluding hydrogens is 380 g/mol. The van der Waals surface area contributed by atoms with Crippen molar-refractivity contribution in [1.82, 2.24) is 4.90 Å². The van der Waals surface area contributed by atoms with Crippen LogP contribution >= 0.6 is 11.3 Å². The molecule has 0 unspecified atom stereocenters. The van der Waals surface area contributed by atoms with E-state index in [1.165, 1.54) is 35.1 Å². The Morgan fingerprint density at radius 2 is 1.97 bits per heavy atom. The van der Waals surface area contributed by atoms with Crippen LogP contribution in [-0.4, -0.2) is 23.9 Å². The minimum absolute atomic E-state index is 0.146. The second-order valence-electron chi connectivity index (χ2n) is 7.81. The number of piperidine rings is 1. The maximum absolute atomic E-state index is 12.7. The smallest absolute Gasteiger partial charge is 0.291 e. The number of aryl methyl sites for hydroxylation is 1. The molecule has 1 atom stereocenters. The van der Waals surface area contributed by atoms with E-state index >= 15 is 0 Å². The van der Waals surface area contributed by atoms with Gasteiger partial charge in [-0.1, -0.05) is 44.2 Å². The highest BCUT2D eigenvalue weighted by Crippen LogP contribution is 2.40. The van der Waals surface area contributed by atoms with Crippen LogP contribution in [0.25, 0.3) is 0 Å². The van der Waals surface area contributed by atoms with E-state index in [-0.39, 0.29) is 11.9 Å². The molecule has 4 rings (SSSR count). The summed E-state index contributed by atoms with van der Waals surface area (Å²) >= 11 is 1.67. The summed E-state index contributed by atoms with van der Waals surface area (Å²) < 4.78 is 5.30. The third-order valence-corrected chi connectivity index (χ3v) is 6.94. The number of hydrogen-bond acceptors (Lipinski definition) is 4. The third kappa shape index (κ3) is 4.46. The van der Waals surface area contributed by atoms with Gasteiger partial charge in [0.05, 0.1) is 12.3 Å². The Kier molecular flexibility index (Phi) is 6.16. The van der Waals surface area contributed by atoms with Crippen LogP contribution in [0.5, 0.6) is 0 Å². The zero-order valence-electron chi connectivity index (χ0n) is 17.1. The third-order valence-electron chi connectivity index (χ3n) is 5.73. The molecule has 5 heteroatoms. The van der Waals surface area contributed by atoms with Crippen LogP contribution < -0.4 is 5.32 Å². The lowest BCUT2D eigenvalue weighted by molar-refractivity contribution is 0.0996. The zero-order valence-corrected chi connectivity index (χ0v) is 17.9. The number of carbonyl (C=O) groups excluding carboxylic acids is 1. The van der Waals surface area contributed by atoms with Gasteiger partial charge < -0.3 is 9.73 Å². The first-order valence-electron chi connectivity index (χ1n) is 10.4. The van der Waals surface area contributed by atoms with Gasteiger partial charge in [-0.25, -0.2) is 0 Å². The van der Waals surface area contributed by atoms with Crippen LogP contribution in [0.3, 0.4) is 0 Å². The number of thiophene rings is 1. The highest BCUT2D eigenvalue weighted by atomic mass is 32.1. The molecule has 0 bridgehead atoms. The van der Waals surface area contributed by atoms with E-state index in [0.29, 0.717) is 5.76 Å². The maximum atomic E-state index is 12.7. The van der Waals surface area contributed by atoms with Crippen molar-refractivity contribution in [1.29, 1.82) is 0 Å². The first-order chi connectivity index (χ1) is 14.2. The van der Waals surface area contributed by atoms with Gasteiger partial charge in [-0.15, -0.1) is 11.3 Å². The number of benzene rings is 1. The minimum Gasteiger partial charge on any atom is -0.459 e. The molecule has 4 nitrogen and oxygen atoms in total. The van der Waals surface area contributed by atoms with Gasteiger partial charge in [0.25, 0.3) is 5.91 Å². The van der Waals surface area contributed by atoms with Gasteiger partial charge >= 0.3 is 0 Å². The number of rotatable bonds is 6. The van der Waals surface area contributed by atoms with Gasteiger partial charge in [-0.05, 0) is 62.0 Å². The van der Waals surface area contributed by atoms with Crippen LogP contribution in [0.2, 0.25) is 0 Å². The molecule has 1 aromatic carbocycles. The van der Waals surface area contributed by atoms with Crippen LogP contribution in [0, 0.1) is 5.92 Å². The van der Waals surface area contributed by atoms with Gasteiger partial charge in [0.15, 0.2) is 5.76 Å². The highest BCUT2D eigenvalue weighted by molar-refractivity contribution is 7.16. The number of anilines is 1. The summed E-state index contributed by atoms with van der Waals surface area (Å²) in [5.41, 5.74) is 2.46. The predicted octanol–water partition coefficient (Wildman–Crippen LogP) is 5.98. The summed E-state index contributed by atoms with van der Waals surface area (Å²) in [6.45, 7) is 6.64. The van der Waals surface area contributed by atoms with Crippen molar-refractivity contribution in [3.8, 4) is 0 Å². The summed E-state index contributed by atoms with van der Waals surface area (Å²) in [6, 6.07) is 16.5. The number of carbonyl (C=O) groups is 1. The molecule has 2 aromatic heterocycles. The molecule has 0 radical (unpaired) electrons. The van der Waals surface area contributed by atoms with Crippen molar-refractivity contribution in [2.45, 2.75) is 39.2 Å². The van der Waals surface area contributed by atoms with E-state index in [2.05, 4.69) is 60.5 Å². The molecule has 1 aliphatic heterocycles. The van der Waals surface area contributed by atoms with Gasteiger partial charge in [0.2, 0.25) is 0 Å². The molecule has 1 amide bonds. The second-order valence-corrected chi connectivity index (χ2v) is 8.95. The standard InChI is InChI=1S/C24H28N2O2S/c1-3-19-16-20(24(29-19)25-23(27)21-10-7-15-28-21)22(18-8-5-4-6-9-18)26-13-11-17(2)12-14-26/h4-10,15-17,22H,3,11-14H2,1-2H3,(H,25,27)/t22-/m0/s1. The molecule has 1 fully saturated rings. The van der Waals surface area contributed by atoms with E-state index in [0.717, 1.165) is 30.4 Å². The summed E-state index contributed by atoms with van der Waals surface area (Å²) in [4.78, 5) is 16.5. The maximum Gasteiger partial charge on any atom is 0.291 e. The Labute approximate surface area is 176 Å². The fraction of sp³-hybridized carbons (Fsp3) is 0.375. The molecule has 0 aliphatic carbocycles. The van der Waals surface area contributed by atoms with Gasteiger partial charge in [0, 0.05) is 10.4 Å². The number of furan rings is 1. The van der Waals surface area contributed by atoms with E-state index in [9.17, 15) is 4.79 Å². The Bertz CT molecular complexity index is 925. The predicted molar refractivity (Wildman–Crippen MR) is 119 cm³/mol. The molecule has 1 aliphatic rings. The van der Waals surface area contributed by atoms with Gasteiger partial charge in [0.1, 0.15) is 5.00 Å². The molecule has 3 aromatic rings. The van der Waals surface area contributed by atoms with Crippen molar-refractivity contribution in [2.75, 3.05) is 18.4 Å². The van der Waals surface area contributed by atoms with Crippen LogP contribution in [-0.2, 0) is 6.42 Å². The fourth-order valence-electron chi connectivity index (χ4n) is 4.02. The van der Waals surface area contributed by atoms with Crippen LogP contribution in [0.1, 0.15) is 59.3 Å². The summed E-state index contributed by atoms with van der Waals surface area (Å²) in [6.07, 6.45) is 4.90. The van der Waals surface area contributed by atoms with Crippen molar-refractivity contribution < 1.29 is 9.21 Å². The summed E-state index contributed by atoms with van der Waals surface area (Å²) in [7, 11) is 0. The number of nitrogens with one attached hydrogen (secondary N) is 1.